The predicted molar refractivity (Wildman–Crippen MR) is 89.4 cm³/mol. The van der Waals surface area contributed by atoms with Crippen LogP contribution in [0.3, 0.4) is 0 Å². The number of alkyl halides is 5. The van der Waals surface area contributed by atoms with Crippen LogP contribution in [0.5, 0.6) is 0 Å². The van der Waals surface area contributed by atoms with Crippen molar-refractivity contribution in [3.8, 4) is 0 Å². The van der Waals surface area contributed by atoms with E-state index in [-0.39, 0.29) is 17.3 Å². The molecule has 0 spiro atoms. The normalized spacial score (nSPS) is 12.5. The first-order valence-corrected chi connectivity index (χ1v) is 7.81. The minimum Gasteiger partial charge on any atom is -0.376 e. The highest BCUT2D eigenvalue weighted by atomic mass is 35.5. The number of hydrogen-bond donors (Lipinski definition) is 2. The van der Waals surface area contributed by atoms with Crippen molar-refractivity contribution >= 4 is 34.6 Å². The molecule has 11 heteroatoms. The van der Waals surface area contributed by atoms with Crippen LogP contribution in [0.1, 0.15) is 11.1 Å². The summed E-state index contributed by atoms with van der Waals surface area (Å²) in [6, 6.07) is 3.04. The van der Waals surface area contributed by atoms with Crippen LogP contribution in [0.15, 0.2) is 21.7 Å². The Kier molecular flexibility index (Phi) is 5.53. The van der Waals surface area contributed by atoms with Gasteiger partial charge in [-0.05, 0) is 30.2 Å². The molecule has 0 amide bonds. The zero-order valence-corrected chi connectivity index (χ0v) is 14.5. The molecule has 2 aromatic carbocycles. The first-order chi connectivity index (χ1) is 11.8. The van der Waals surface area contributed by atoms with Crippen LogP contribution in [0.4, 0.5) is 33.3 Å². The quantitative estimate of drug-likeness (QED) is 0.549. The Balaban J connectivity index is 2.15. The van der Waals surface area contributed by atoms with E-state index in [0.29, 0.717) is 16.1 Å². The van der Waals surface area contributed by atoms with E-state index in [1.807, 2.05) is 0 Å². The molecular weight excluding hydrogens is 406 g/mol. The van der Waals surface area contributed by atoms with Crippen molar-refractivity contribution in [2.24, 2.45) is 0 Å². The SMILES string of the molecule is Cc1cc(Cl)cc(Cl)c1CNc1c(NCC(F)(F)C(F)(F)F)c(=O)c1=O. The van der Waals surface area contributed by atoms with E-state index in [1.165, 1.54) is 6.07 Å². The van der Waals surface area contributed by atoms with E-state index < -0.39 is 35.2 Å². The van der Waals surface area contributed by atoms with Crippen molar-refractivity contribution in [2.45, 2.75) is 25.6 Å². The largest absolute Gasteiger partial charge is 0.455 e. The zero-order valence-electron chi connectivity index (χ0n) is 13.0. The van der Waals surface area contributed by atoms with Crippen molar-refractivity contribution in [1.82, 2.24) is 0 Å². The number of benzene rings is 1. The van der Waals surface area contributed by atoms with Crippen molar-refractivity contribution in [1.29, 1.82) is 0 Å². The lowest BCUT2D eigenvalue weighted by molar-refractivity contribution is -0.275. The molecule has 0 unspecified atom stereocenters. The minimum absolute atomic E-state index is 0.0585. The Morgan fingerprint density at radius 2 is 1.50 bits per heavy atom. The third-order valence-electron chi connectivity index (χ3n) is 3.64. The maximum absolute atomic E-state index is 12.9. The number of halogens is 7. The molecule has 142 valence electrons. The van der Waals surface area contributed by atoms with E-state index in [2.05, 4.69) is 5.32 Å². The summed E-state index contributed by atoms with van der Waals surface area (Å²) >= 11 is 11.8. The molecule has 0 saturated heterocycles. The van der Waals surface area contributed by atoms with Gasteiger partial charge in [0.2, 0.25) is 0 Å². The van der Waals surface area contributed by atoms with Crippen LogP contribution in [0.25, 0.3) is 0 Å². The molecule has 0 bridgehead atoms. The number of nitrogens with one attached hydrogen (secondary N) is 2. The van der Waals surface area contributed by atoms with Gasteiger partial charge < -0.3 is 10.6 Å². The highest BCUT2D eigenvalue weighted by Crippen LogP contribution is 2.35. The van der Waals surface area contributed by atoms with Gasteiger partial charge in [-0.25, -0.2) is 0 Å². The third kappa shape index (κ3) is 3.93. The summed E-state index contributed by atoms with van der Waals surface area (Å²) in [7, 11) is 0. The van der Waals surface area contributed by atoms with Crippen LogP contribution in [-0.2, 0) is 6.54 Å². The highest BCUT2D eigenvalue weighted by molar-refractivity contribution is 6.35. The second-order valence-corrected chi connectivity index (χ2v) is 6.34. The zero-order chi connectivity index (χ0) is 19.9. The van der Waals surface area contributed by atoms with Gasteiger partial charge in [0, 0.05) is 16.6 Å². The molecule has 2 rings (SSSR count). The van der Waals surface area contributed by atoms with E-state index in [4.69, 9.17) is 23.2 Å². The van der Waals surface area contributed by atoms with Crippen molar-refractivity contribution < 1.29 is 22.0 Å². The predicted octanol–water partition coefficient (Wildman–Crippen LogP) is 4.12. The van der Waals surface area contributed by atoms with Crippen LogP contribution in [0, 0.1) is 6.92 Å². The van der Waals surface area contributed by atoms with Crippen LogP contribution >= 0.6 is 23.2 Å². The fourth-order valence-corrected chi connectivity index (χ4v) is 2.82. The van der Waals surface area contributed by atoms with Crippen molar-refractivity contribution in [3.63, 3.8) is 0 Å². The standard InChI is InChI=1S/C15H11Cl2F5N2O2/c1-6-2-7(16)3-9(17)8(6)4-23-10-11(13(26)12(10)25)24-5-14(18,19)15(20,21)22/h2-3,23-24H,4-5H2,1H3. The molecule has 0 aliphatic heterocycles. The Labute approximate surface area is 153 Å². The lowest BCUT2D eigenvalue weighted by Gasteiger charge is -2.22. The van der Waals surface area contributed by atoms with E-state index in [0.717, 1.165) is 0 Å². The summed E-state index contributed by atoms with van der Waals surface area (Å²) < 4.78 is 62.4. The average Bonchev–Trinajstić information content (AvgIpc) is 2.50. The number of aryl methyl sites for hydroxylation is 1. The number of anilines is 2. The fraction of sp³-hybridized carbons (Fsp3) is 0.333. The van der Waals surface area contributed by atoms with E-state index >= 15 is 0 Å². The van der Waals surface area contributed by atoms with Gasteiger partial charge in [-0.2, -0.15) is 22.0 Å². The van der Waals surface area contributed by atoms with Crippen molar-refractivity contribution in [2.75, 3.05) is 17.2 Å². The third-order valence-corrected chi connectivity index (χ3v) is 4.19. The van der Waals surface area contributed by atoms with E-state index in [9.17, 15) is 31.5 Å². The van der Waals surface area contributed by atoms with Crippen molar-refractivity contribution in [3.05, 3.63) is 53.8 Å². The molecule has 0 fully saturated rings. The average molecular weight is 417 g/mol. The molecule has 0 heterocycles. The maximum Gasteiger partial charge on any atom is 0.455 e. The fourth-order valence-electron chi connectivity index (χ4n) is 2.16. The molecule has 0 aliphatic rings. The Hall–Kier alpha value is -1.87. The van der Waals surface area contributed by atoms with Gasteiger partial charge in [0.1, 0.15) is 11.4 Å². The van der Waals surface area contributed by atoms with Gasteiger partial charge >= 0.3 is 12.1 Å². The summed E-state index contributed by atoms with van der Waals surface area (Å²) in [5, 5.41) is 4.87. The van der Waals surface area contributed by atoms with Gasteiger partial charge in [-0.15, -0.1) is 0 Å². The maximum atomic E-state index is 12.9. The second kappa shape index (κ2) is 7.03. The smallest absolute Gasteiger partial charge is 0.376 e. The molecular formula is C15H11Cl2F5N2O2. The van der Waals surface area contributed by atoms with Crippen LogP contribution in [-0.4, -0.2) is 18.6 Å². The second-order valence-electron chi connectivity index (χ2n) is 5.50. The van der Waals surface area contributed by atoms with Gasteiger partial charge in [-0.1, -0.05) is 23.2 Å². The summed E-state index contributed by atoms with van der Waals surface area (Å²) in [6.07, 6.45) is -5.78. The Bertz CT molecular complexity index is 881. The Morgan fingerprint density at radius 1 is 0.962 bits per heavy atom. The molecule has 4 nitrogen and oxygen atoms in total. The van der Waals surface area contributed by atoms with Crippen LogP contribution < -0.4 is 21.5 Å². The molecule has 0 atom stereocenters. The minimum atomic E-state index is -5.78. The van der Waals surface area contributed by atoms with Crippen LogP contribution in [0.2, 0.25) is 10.0 Å². The molecule has 0 saturated carbocycles. The van der Waals surface area contributed by atoms with Gasteiger partial charge in [-0.3, -0.25) is 9.59 Å². The van der Waals surface area contributed by atoms with Gasteiger partial charge in [0.25, 0.3) is 10.9 Å². The van der Waals surface area contributed by atoms with E-state index in [1.54, 1.807) is 18.3 Å². The molecule has 2 aromatic rings. The number of rotatable bonds is 6. The molecule has 0 aromatic heterocycles. The molecule has 0 aliphatic carbocycles. The molecule has 2 N–H and O–H groups in total. The monoisotopic (exact) mass is 416 g/mol. The lowest BCUT2D eigenvalue weighted by Crippen LogP contribution is -2.45. The number of hydrogen-bond acceptors (Lipinski definition) is 4. The topological polar surface area (TPSA) is 58.2 Å². The Morgan fingerprint density at radius 3 is 2.00 bits per heavy atom. The molecule has 0 radical (unpaired) electrons. The van der Waals surface area contributed by atoms with Gasteiger partial charge in [0.15, 0.2) is 0 Å². The van der Waals surface area contributed by atoms with Gasteiger partial charge in [0.05, 0.1) is 6.54 Å². The summed E-state index contributed by atoms with van der Waals surface area (Å²) in [5.41, 5.74) is -2.02. The summed E-state index contributed by atoms with van der Waals surface area (Å²) in [4.78, 5) is 23.0. The first kappa shape index (κ1) is 20.4. The highest BCUT2D eigenvalue weighted by Gasteiger charge is 2.57. The summed E-state index contributed by atoms with van der Waals surface area (Å²) in [6.45, 7) is -0.242. The first-order valence-electron chi connectivity index (χ1n) is 7.05. The summed E-state index contributed by atoms with van der Waals surface area (Å²) in [5.74, 6) is -5.06. The molecule has 26 heavy (non-hydrogen) atoms. The lowest BCUT2D eigenvalue weighted by atomic mass is 10.1.